The quantitative estimate of drug-likeness (QED) is 0.412. The summed E-state index contributed by atoms with van der Waals surface area (Å²) in [7, 11) is 1.32. The van der Waals surface area contributed by atoms with Crippen LogP contribution in [0.2, 0.25) is 5.02 Å². The molecule has 23 heavy (non-hydrogen) atoms. The molecule has 1 amide bonds. The van der Waals surface area contributed by atoms with Gasteiger partial charge in [-0.05, 0) is 19.1 Å². The molecule has 0 bridgehead atoms. The highest BCUT2D eigenvalue weighted by Crippen LogP contribution is 2.31. The summed E-state index contributed by atoms with van der Waals surface area (Å²) in [5, 5.41) is 22.7. The summed E-state index contributed by atoms with van der Waals surface area (Å²) in [5.74, 6) is -2.01. The second kappa shape index (κ2) is 8.14. The molecular weight excluding hydrogens is 348 g/mol. The van der Waals surface area contributed by atoms with E-state index in [1.165, 1.54) is 32.2 Å². The fourth-order valence-corrected chi connectivity index (χ4v) is 2.65. The lowest BCUT2D eigenvalue weighted by Gasteiger charge is -2.25. The van der Waals surface area contributed by atoms with Crippen molar-refractivity contribution in [2.45, 2.75) is 17.4 Å². The lowest BCUT2D eigenvalue weighted by Crippen LogP contribution is -2.55. The van der Waals surface area contributed by atoms with Gasteiger partial charge in [-0.1, -0.05) is 11.6 Å². The third-order valence-corrected chi connectivity index (χ3v) is 4.09. The minimum absolute atomic E-state index is 0.185. The molecule has 0 heterocycles. The Balaban J connectivity index is 2.77. The summed E-state index contributed by atoms with van der Waals surface area (Å²) < 4.78 is 4.79. The van der Waals surface area contributed by atoms with E-state index in [0.29, 0.717) is 0 Å². The van der Waals surface area contributed by atoms with Gasteiger partial charge in [0.25, 0.3) is 5.69 Å². The SMILES string of the molecule is COCC(C)(NC(=O)CSc1ccc(Cl)cc1[N+](=O)[O-])C(=O)O. The first-order valence-corrected chi connectivity index (χ1v) is 7.66. The van der Waals surface area contributed by atoms with Gasteiger partial charge in [-0.25, -0.2) is 4.79 Å². The minimum Gasteiger partial charge on any atom is -0.479 e. The molecule has 0 saturated carbocycles. The molecular formula is C13H15ClN2O6S. The monoisotopic (exact) mass is 362 g/mol. The Labute approximate surface area is 141 Å². The molecule has 0 saturated heterocycles. The molecule has 0 aliphatic rings. The van der Waals surface area contributed by atoms with Gasteiger partial charge in [0.05, 0.1) is 22.2 Å². The van der Waals surface area contributed by atoms with Crippen molar-refractivity contribution in [1.82, 2.24) is 5.32 Å². The number of hydrogen-bond acceptors (Lipinski definition) is 6. The molecule has 1 aromatic rings. The van der Waals surface area contributed by atoms with Gasteiger partial charge in [0, 0.05) is 18.2 Å². The highest BCUT2D eigenvalue weighted by Gasteiger charge is 2.35. The van der Waals surface area contributed by atoms with Crippen LogP contribution in [0.15, 0.2) is 23.1 Å². The standard InChI is InChI=1S/C13H15ClN2O6S/c1-13(7-22-2,12(18)19)15-11(17)6-23-10-4-3-8(14)5-9(10)16(20)21/h3-5H,6-7H2,1-2H3,(H,15,17)(H,18,19). The number of rotatable bonds is 8. The molecule has 0 radical (unpaired) electrons. The molecule has 1 atom stereocenters. The number of nitro benzene ring substituents is 1. The molecule has 0 aliphatic carbocycles. The number of aliphatic carboxylic acids is 1. The van der Waals surface area contributed by atoms with Crippen LogP contribution in [0.3, 0.4) is 0 Å². The highest BCUT2D eigenvalue weighted by molar-refractivity contribution is 8.00. The maximum Gasteiger partial charge on any atom is 0.331 e. The first kappa shape index (κ1) is 19.2. The first-order chi connectivity index (χ1) is 10.7. The maximum atomic E-state index is 11.9. The van der Waals surface area contributed by atoms with Crippen molar-refractivity contribution in [3.05, 3.63) is 33.3 Å². The number of ether oxygens (including phenoxy) is 1. The molecule has 1 rings (SSSR count). The Hall–Kier alpha value is -1.84. The molecule has 8 nitrogen and oxygen atoms in total. The van der Waals surface area contributed by atoms with Gasteiger partial charge in [-0.3, -0.25) is 14.9 Å². The molecule has 2 N–H and O–H groups in total. The molecule has 0 aromatic heterocycles. The van der Waals surface area contributed by atoms with Crippen LogP contribution in [-0.2, 0) is 14.3 Å². The summed E-state index contributed by atoms with van der Waals surface area (Å²) in [5.41, 5.74) is -1.79. The Morgan fingerprint density at radius 3 is 2.70 bits per heavy atom. The number of benzene rings is 1. The Morgan fingerprint density at radius 1 is 1.52 bits per heavy atom. The van der Waals surface area contributed by atoms with Crippen molar-refractivity contribution in [1.29, 1.82) is 0 Å². The van der Waals surface area contributed by atoms with Crippen LogP contribution < -0.4 is 5.32 Å². The first-order valence-electron chi connectivity index (χ1n) is 6.29. The topological polar surface area (TPSA) is 119 Å². The number of carbonyl (C=O) groups excluding carboxylic acids is 1. The molecule has 126 valence electrons. The van der Waals surface area contributed by atoms with E-state index < -0.39 is 22.3 Å². The maximum absolute atomic E-state index is 11.9. The van der Waals surface area contributed by atoms with Gasteiger partial charge < -0.3 is 15.2 Å². The average Bonchev–Trinajstić information content (AvgIpc) is 2.45. The van der Waals surface area contributed by atoms with E-state index >= 15 is 0 Å². The Morgan fingerprint density at radius 2 is 2.17 bits per heavy atom. The van der Waals surface area contributed by atoms with E-state index in [4.69, 9.17) is 21.4 Å². The molecule has 10 heteroatoms. The van der Waals surface area contributed by atoms with Crippen molar-refractivity contribution in [3.63, 3.8) is 0 Å². The molecule has 0 aliphatic heterocycles. The molecule has 0 spiro atoms. The summed E-state index contributed by atoms with van der Waals surface area (Å²) in [6.45, 7) is 1.10. The van der Waals surface area contributed by atoms with Crippen LogP contribution in [-0.4, -0.2) is 46.9 Å². The predicted molar refractivity (Wildman–Crippen MR) is 84.9 cm³/mol. The lowest BCUT2D eigenvalue weighted by molar-refractivity contribution is -0.387. The zero-order valence-electron chi connectivity index (χ0n) is 12.4. The van der Waals surface area contributed by atoms with Crippen molar-refractivity contribution in [2.75, 3.05) is 19.5 Å². The number of thioether (sulfide) groups is 1. The minimum atomic E-state index is -1.57. The average molecular weight is 363 g/mol. The van der Waals surface area contributed by atoms with E-state index in [9.17, 15) is 19.7 Å². The lowest BCUT2D eigenvalue weighted by atomic mass is 10.0. The number of amides is 1. The summed E-state index contributed by atoms with van der Waals surface area (Å²) in [6.07, 6.45) is 0. The summed E-state index contributed by atoms with van der Waals surface area (Å²) >= 11 is 6.62. The van der Waals surface area contributed by atoms with Gasteiger partial charge in [0.15, 0.2) is 5.54 Å². The van der Waals surface area contributed by atoms with Gasteiger partial charge in [-0.2, -0.15) is 0 Å². The van der Waals surface area contributed by atoms with Gasteiger partial charge in [-0.15, -0.1) is 11.8 Å². The normalized spacial score (nSPS) is 13.2. The molecule has 1 unspecified atom stereocenters. The van der Waals surface area contributed by atoms with E-state index in [2.05, 4.69) is 5.32 Å². The van der Waals surface area contributed by atoms with Gasteiger partial charge >= 0.3 is 5.97 Å². The van der Waals surface area contributed by atoms with Crippen molar-refractivity contribution in [3.8, 4) is 0 Å². The third kappa shape index (κ3) is 5.38. The second-order valence-electron chi connectivity index (χ2n) is 4.78. The van der Waals surface area contributed by atoms with E-state index in [-0.39, 0.29) is 28.0 Å². The zero-order valence-corrected chi connectivity index (χ0v) is 13.9. The number of nitrogens with zero attached hydrogens (tertiary/aromatic N) is 1. The largest absolute Gasteiger partial charge is 0.479 e. The van der Waals surface area contributed by atoms with Crippen LogP contribution in [0.5, 0.6) is 0 Å². The second-order valence-corrected chi connectivity index (χ2v) is 6.23. The van der Waals surface area contributed by atoms with Crippen molar-refractivity contribution >= 4 is 40.9 Å². The summed E-state index contributed by atoms with van der Waals surface area (Å²) in [6, 6.07) is 4.10. The van der Waals surface area contributed by atoms with E-state index in [1.807, 2.05) is 0 Å². The number of carbonyl (C=O) groups is 2. The number of hydrogen-bond donors (Lipinski definition) is 2. The summed E-state index contributed by atoms with van der Waals surface area (Å²) in [4.78, 5) is 33.7. The zero-order chi connectivity index (χ0) is 17.6. The fraction of sp³-hybridized carbons (Fsp3) is 0.385. The Bertz CT molecular complexity index is 626. The number of nitro groups is 1. The van der Waals surface area contributed by atoms with Crippen molar-refractivity contribution in [2.24, 2.45) is 0 Å². The molecule has 0 fully saturated rings. The van der Waals surface area contributed by atoms with Crippen LogP contribution in [0.25, 0.3) is 0 Å². The van der Waals surface area contributed by atoms with Crippen molar-refractivity contribution < 1.29 is 24.4 Å². The van der Waals surface area contributed by atoms with Gasteiger partial charge in [0.2, 0.25) is 5.91 Å². The third-order valence-electron chi connectivity index (χ3n) is 2.80. The highest BCUT2D eigenvalue weighted by atomic mass is 35.5. The Kier molecular flexibility index (Phi) is 6.79. The van der Waals surface area contributed by atoms with Crippen LogP contribution in [0, 0.1) is 10.1 Å². The van der Waals surface area contributed by atoms with E-state index in [1.54, 1.807) is 0 Å². The number of carboxylic acid groups (broad SMARTS) is 1. The number of nitrogens with one attached hydrogen (secondary N) is 1. The number of halogens is 1. The fourth-order valence-electron chi connectivity index (χ4n) is 1.68. The predicted octanol–water partition coefficient (Wildman–Crippen LogP) is 1.95. The van der Waals surface area contributed by atoms with E-state index in [0.717, 1.165) is 11.8 Å². The van der Waals surface area contributed by atoms with Crippen LogP contribution in [0.4, 0.5) is 5.69 Å². The number of carboxylic acids is 1. The smallest absolute Gasteiger partial charge is 0.331 e. The molecule has 1 aromatic carbocycles. The number of methoxy groups -OCH3 is 1. The van der Waals surface area contributed by atoms with Crippen LogP contribution in [0.1, 0.15) is 6.92 Å². The van der Waals surface area contributed by atoms with Crippen LogP contribution >= 0.6 is 23.4 Å². The van der Waals surface area contributed by atoms with Gasteiger partial charge in [0.1, 0.15) is 0 Å².